The molecule has 7 nitrogen and oxygen atoms in total. The predicted octanol–water partition coefficient (Wildman–Crippen LogP) is -0.463. The number of carboxylic acid groups (broad SMARTS) is 1. The fraction of sp³-hybridized carbons (Fsp3) is 0.286. The van der Waals surface area contributed by atoms with Crippen LogP contribution in [0, 0.1) is 0 Å². The van der Waals surface area contributed by atoms with E-state index in [1.807, 2.05) is 48.5 Å². The normalized spacial score (nSPS) is 12.1. The van der Waals surface area contributed by atoms with Gasteiger partial charge in [0.1, 0.15) is 11.7 Å². The molecule has 0 heterocycles. The molecule has 0 spiro atoms. The number of aliphatic carboxylic acids is 1. The van der Waals surface area contributed by atoms with Gasteiger partial charge in [0.15, 0.2) is 0 Å². The SMILES string of the molecule is Nc1cc(C[C@H](NCc2ccccc2)C(=O)NCCCCc2ccccc2)ccc1OC(F)C(=O)[O-].[K+]. The number of unbranched alkanes of at least 4 members (excludes halogenated alkanes) is 1. The van der Waals surface area contributed by atoms with Crippen molar-refractivity contribution < 1.29 is 75.2 Å². The minimum atomic E-state index is -2.62. The number of nitrogen functional groups attached to an aromatic ring is 1. The van der Waals surface area contributed by atoms with E-state index in [0.717, 1.165) is 24.8 Å². The smallest absolute Gasteiger partial charge is 0.543 e. The van der Waals surface area contributed by atoms with E-state index in [0.29, 0.717) is 25.1 Å². The second kappa shape index (κ2) is 16.5. The van der Waals surface area contributed by atoms with Gasteiger partial charge >= 0.3 is 51.4 Å². The Morgan fingerprint density at radius 2 is 1.57 bits per heavy atom. The summed E-state index contributed by atoms with van der Waals surface area (Å²) in [7, 11) is 0. The van der Waals surface area contributed by atoms with Gasteiger partial charge in [-0.3, -0.25) is 4.79 Å². The Hall–Kier alpha value is -2.27. The number of aryl methyl sites for hydroxylation is 1. The summed E-state index contributed by atoms with van der Waals surface area (Å²) in [6, 6.07) is 24.0. The molecular formula is C28H31FKN3O4. The van der Waals surface area contributed by atoms with Crippen LogP contribution in [0.15, 0.2) is 78.9 Å². The number of hydrogen-bond donors (Lipinski definition) is 3. The third kappa shape index (κ3) is 10.9. The maximum Gasteiger partial charge on any atom is 1.00 e. The number of carboxylic acids is 1. The van der Waals surface area contributed by atoms with E-state index >= 15 is 0 Å². The van der Waals surface area contributed by atoms with Crippen molar-refractivity contribution in [3.05, 3.63) is 95.6 Å². The number of amides is 1. The number of nitrogens with one attached hydrogen (secondary N) is 2. The zero-order chi connectivity index (χ0) is 25.8. The van der Waals surface area contributed by atoms with Crippen molar-refractivity contribution in [2.24, 2.45) is 0 Å². The fourth-order valence-electron chi connectivity index (χ4n) is 3.76. The zero-order valence-corrected chi connectivity index (χ0v) is 24.1. The summed E-state index contributed by atoms with van der Waals surface area (Å²) in [4.78, 5) is 23.6. The largest absolute Gasteiger partial charge is 1.00 e. The maximum absolute atomic E-state index is 13.3. The van der Waals surface area contributed by atoms with E-state index in [2.05, 4.69) is 27.5 Å². The Morgan fingerprint density at radius 3 is 2.19 bits per heavy atom. The first-order chi connectivity index (χ1) is 17.4. The summed E-state index contributed by atoms with van der Waals surface area (Å²) >= 11 is 0. The first-order valence-corrected chi connectivity index (χ1v) is 11.9. The van der Waals surface area contributed by atoms with Crippen molar-refractivity contribution >= 4 is 17.6 Å². The van der Waals surface area contributed by atoms with Crippen molar-refractivity contribution in [2.75, 3.05) is 12.3 Å². The molecule has 0 aromatic heterocycles. The van der Waals surface area contributed by atoms with Crippen molar-refractivity contribution in [3.8, 4) is 5.75 Å². The van der Waals surface area contributed by atoms with Gasteiger partial charge in [0, 0.05) is 13.1 Å². The van der Waals surface area contributed by atoms with Crippen LogP contribution in [0.4, 0.5) is 10.1 Å². The fourth-order valence-corrected chi connectivity index (χ4v) is 3.76. The molecule has 1 unspecified atom stereocenters. The van der Waals surface area contributed by atoms with Gasteiger partial charge in [0.2, 0.25) is 5.91 Å². The number of hydrogen-bond acceptors (Lipinski definition) is 6. The van der Waals surface area contributed by atoms with Gasteiger partial charge in [0.05, 0.1) is 11.7 Å². The number of rotatable bonds is 14. The van der Waals surface area contributed by atoms with Crippen LogP contribution in [0.2, 0.25) is 0 Å². The van der Waals surface area contributed by atoms with E-state index in [1.54, 1.807) is 12.1 Å². The Bertz CT molecular complexity index is 1120. The van der Waals surface area contributed by atoms with Crippen LogP contribution in [-0.2, 0) is 29.0 Å². The van der Waals surface area contributed by atoms with Gasteiger partial charge in [-0.1, -0.05) is 66.7 Å². The number of carbonyl (C=O) groups is 2. The number of benzene rings is 3. The molecule has 3 aromatic carbocycles. The number of alkyl halides is 1. The average molecular weight is 532 g/mol. The van der Waals surface area contributed by atoms with E-state index < -0.39 is 18.4 Å². The van der Waals surface area contributed by atoms with E-state index in [4.69, 9.17) is 5.73 Å². The third-order valence-electron chi connectivity index (χ3n) is 5.68. The Kier molecular flexibility index (Phi) is 13.8. The van der Waals surface area contributed by atoms with Crippen LogP contribution in [0.1, 0.15) is 29.5 Å². The second-order valence-corrected chi connectivity index (χ2v) is 8.48. The number of nitrogens with two attached hydrogens (primary N) is 1. The minimum Gasteiger partial charge on any atom is -0.543 e. The summed E-state index contributed by atoms with van der Waals surface area (Å²) in [5, 5.41) is 16.9. The standard InChI is InChI=1S/C28H32FN3O4.K/c29-26(28(34)35)36-25-15-14-22(17-23(25)30)18-24(32-19-21-12-5-2-6-13-21)27(33)31-16-8-7-11-20-9-3-1-4-10-20;/h1-6,9-10,12-15,17,24,26,32H,7-8,11,16,18-19,30H2,(H,31,33)(H,34,35);/q;+1/p-1/t24-,26?;/m0./s1. The molecule has 2 atom stereocenters. The first-order valence-electron chi connectivity index (χ1n) is 11.9. The average Bonchev–Trinajstić information content (AvgIpc) is 2.88. The molecule has 3 aromatic rings. The van der Waals surface area contributed by atoms with Gasteiger partial charge in [-0.25, -0.2) is 0 Å². The van der Waals surface area contributed by atoms with Crippen LogP contribution < -0.4 is 77.6 Å². The summed E-state index contributed by atoms with van der Waals surface area (Å²) in [5.74, 6) is -2.22. The third-order valence-corrected chi connectivity index (χ3v) is 5.68. The molecule has 0 aliphatic rings. The van der Waals surface area contributed by atoms with Crippen LogP contribution in [-0.4, -0.2) is 30.8 Å². The summed E-state index contributed by atoms with van der Waals surface area (Å²) in [6.07, 6.45) is 0.482. The van der Waals surface area contributed by atoms with Gasteiger partial charge in [0.25, 0.3) is 6.36 Å². The molecule has 1 amide bonds. The summed E-state index contributed by atoms with van der Waals surface area (Å²) in [6.45, 7) is 1.06. The Morgan fingerprint density at radius 1 is 0.919 bits per heavy atom. The Labute approximate surface area is 259 Å². The second-order valence-electron chi connectivity index (χ2n) is 8.48. The number of ether oxygens (including phenoxy) is 1. The molecule has 190 valence electrons. The monoisotopic (exact) mass is 531 g/mol. The molecular weight excluding hydrogens is 500 g/mol. The quantitative estimate of drug-likeness (QED) is 0.147. The first kappa shape index (κ1) is 30.9. The van der Waals surface area contributed by atoms with Gasteiger partial charge in [-0.2, -0.15) is 4.39 Å². The molecule has 0 aliphatic heterocycles. The molecule has 0 aliphatic carbocycles. The van der Waals surface area contributed by atoms with Crippen molar-refractivity contribution in [3.63, 3.8) is 0 Å². The summed E-state index contributed by atoms with van der Waals surface area (Å²) < 4.78 is 18.0. The summed E-state index contributed by atoms with van der Waals surface area (Å²) in [5.41, 5.74) is 9.02. The molecule has 0 saturated heterocycles. The van der Waals surface area contributed by atoms with Crippen molar-refractivity contribution in [1.82, 2.24) is 10.6 Å². The van der Waals surface area contributed by atoms with Crippen molar-refractivity contribution in [2.45, 2.75) is 44.6 Å². The molecule has 0 fully saturated rings. The maximum atomic E-state index is 13.3. The molecule has 4 N–H and O–H groups in total. The van der Waals surface area contributed by atoms with Crippen LogP contribution >= 0.6 is 0 Å². The molecule has 37 heavy (non-hydrogen) atoms. The number of halogens is 1. The molecule has 0 bridgehead atoms. The molecule has 0 saturated carbocycles. The van der Waals surface area contributed by atoms with Crippen molar-refractivity contribution in [1.29, 1.82) is 0 Å². The molecule has 3 rings (SSSR count). The molecule has 9 heteroatoms. The van der Waals surface area contributed by atoms with Crippen LogP contribution in [0.25, 0.3) is 0 Å². The minimum absolute atomic E-state index is 0. The van der Waals surface area contributed by atoms with E-state index in [-0.39, 0.29) is 68.7 Å². The van der Waals surface area contributed by atoms with Gasteiger partial charge in [-0.15, -0.1) is 0 Å². The van der Waals surface area contributed by atoms with Crippen LogP contribution in [0.3, 0.4) is 0 Å². The predicted molar refractivity (Wildman–Crippen MR) is 135 cm³/mol. The van der Waals surface area contributed by atoms with Crippen LogP contribution in [0.5, 0.6) is 5.75 Å². The van der Waals surface area contributed by atoms with E-state index in [1.165, 1.54) is 11.6 Å². The number of carbonyl (C=O) groups excluding carboxylic acids is 2. The Balaban J connectivity index is 0.00000481. The topological polar surface area (TPSA) is 117 Å². The molecule has 0 radical (unpaired) electrons. The van der Waals surface area contributed by atoms with Gasteiger partial charge < -0.3 is 31.0 Å². The zero-order valence-electron chi connectivity index (χ0n) is 21.0. The van der Waals surface area contributed by atoms with E-state index in [9.17, 15) is 19.1 Å². The van der Waals surface area contributed by atoms with Gasteiger partial charge in [-0.05, 0) is 54.5 Å². The number of anilines is 1.